The average Bonchev–Trinajstić information content (AvgIpc) is 3.05. The Bertz CT molecular complexity index is 524. The SMILES string of the molecule is CC(C)C1(C(=O)N2C[C@@H](n3ccnn3)[C@@H](N(C)C)C2)COC1. The van der Waals surface area contributed by atoms with E-state index in [1.54, 1.807) is 6.20 Å². The van der Waals surface area contributed by atoms with Gasteiger partial charge in [-0.15, -0.1) is 5.10 Å². The molecule has 1 aromatic heterocycles. The second kappa shape index (κ2) is 5.62. The first-order valence-corrected chi connectivity index (χ1v) is 7.85. The van der Waals surface area contributed by atoms with Gasteiger partial charge < -0.3 is 14.5 Å². The van der Waals surface area contributed by atoms with E-state index in [-0.39, 0.29) is 29.3 Å². The zero-order chi connectivity index (χ0) is 15.9. The molecule has 0 N–H and O–H groups in total. The van der Waals surface area contributed by atoms with Crippen LogP contribution in [-0.2, 0) is 9.53 Å². The van der Waals surface area contributed by atoms with Gasteiger partial charge in [0.25, 0.3) is 0 Å². The number of amides is 1. The van der Waals surface area contributed by atoms with E-state index in [1.807, 2.05) is 29.9 Å². The van der Waals surface area contributed by atoms with E-state index in [4.69, 9.17) is 4.74 Å². The zero-order valence-corrected chi connectivity index (χ0v) is 13.8. The maximum Gasteiger partial charge on any atom is 0.233 e. The minimum atomic E-state index is -0.339. The average molecular weight is 307 g/mol. The van der Waals surface area contributed by atoms with Crippen molar-refractivity contribution in [2.24, 2.45) is 11.3 Å². The van der Waals surface area contributed by atoms with Crippen LogP contribution in [0.1, 0.15) is 19.9 Å². The van der Waals surface area contributed by atoms with E-state index in [0.29, 0.717) is 19.8 Å². The van der Waals surface area contributed by atoms with Crippen LogP contribution in [0.5, 0.6) is 0 Å². The van der Waals surface area contributed by atoms with Crippen LogP contribution in [0.3, 0.4) is 0 Å². The third kappa shape index (κ3) is 2.32. The highest BCUT2D eigenvalue weighted by Gasteiger charge is 2.52. The molecule has 0 radical (unpaired) electrons. The Morgan fingerprint density at radius 2 is 2.09 bits per heavy atom. The number of carbonyl (C=O) groups excluding carboxylic acids is 1. The summed E-state index contributed by atoms with van der Waals surface area (Å²) in [7, 11) is 4.10. The molecule has 1 aromatic rings. The van der Waals surface area contributed by atoms with Crippen molar-refractivity contribution < 1.29 is 9.53 Å². The largest absolute Gasteiger partial charge is 0.379 e. The first-order chi connectivity index (χ1) is 10.5. The predicted octanol–water partition coefficient (Wildman–Crippen LogP) is 0.264. The molecule has 2 atom stereocenters. The summed E-state index contributed by atoms with van der Waals surface area (Å²) in [6, 6.07) is 0.391. The molecule has 0 saturated carbocycles. The number of hydrogen-bond donors (Lipinski definition) is 0. The minimum Gasteiger partial charge on any atom is -0.379 e. The van der Waals surface area contributed by atoms with E-state index < -0.39 is 0 Å². The number of likely N-dealkylation sites (N-methyl/N-ethyl adjacent to an activating group) is 1. The molecule has 2 aliphatic rings. The number of hydrogen-bond acceptors (Lipinski definition) is 5. The van der Waals surface area contributed by atoms with Crippen molar-refractivity contribution >= 4 is 5.91 Å². The highest BCUT2D eigenvalue weighted by Crippen LogP contribution is 2.39. The van der Waals surface area contributed by atoms with Gasteiger partial charge in [0.1, 0.15) is 0 Å². The quantitative estimate of drug-likeness (QED) is 0.799. The van der Waals surface area contributed by atoms with Crippen LogP contribution in [-0.4, -0.2) is 77.1 Å². The Balaban J connectivity index is 1.80. The van der Waals surface area contributed by atoms with Gasteiger partial charge >= 0.3 is 0 Å². The molecule has 2 aliphatic heterocycles. The predicted molar refractivity (Wildman–Crippen MR) is 81.2 cm³/mol. The smallest absolute Gasteiger partial charge is 0.233 e. The lowest BCUT2D eigenvalue weighted by Crippen LogP contribution is -2.58. The molecule has 1 amide bonds. The van der Waals surface area contributed by atoms with Crippen LogP contribution in [0.2, 0.25) is 0 Å². The lowest BCUT2D eigenvalue weighted by Gasteiger charge is -2.45. The van der Waals surface area contributed by atoms with Gasteiger partial charge in [0.2, 0.25) is 5.91 Å². The monoisotopic (exact) mass is 307 g/mol. The summed E-state index contributed by atoms with van der Waals surface area (Å²) in [6.07, 6.45) is 3.56. The summed E-state index contributed by atoms with van der Waals surface area (Å²) in [4.78, 5) is 17.2. The fourth-order valence-corrected chi connectivity index (χ4v) is 3.44. The zero-order valence-electron chi connectivity index (χ0n) is 13.8. The summed E-state index contributed by atoms with van der Waals surface area (Å²) >= 11 is 0. The number of carbonyl (C=O) groups is 1. The Kier molecular flexibility index (Phi) is 3.94. The summed E-state index contributed by atoms with van der Waals surface area (Å²) < 4.78 is 7.24. The molecular weight excluding hydrogens is 282 g/mol. The second-order valence-electron chi connectivity index (χ2n) is 7.00. The molecule has 7 nitrogen and oxygen atoms in total. The number of nitrogens with zero attached hydrogens (tertiary/aromatic N) is 5. The van der Waals surface area contributed by atoms with Crippen LogP contribution in [0.15, 0.2) is 12.4 Å². The van der Waals surface area contributed by atoms with Gasteiger partial charge in [-0.25, -0.2) is 4.68 Å². The van der Waals surface area contributed by atoms with Crippen molar-refractivity contribution in [3.63, 3.8) is 0 Å². The van der Waals surface area contributed by atoms with Gasteiger partial charge in [-0.3, -0.25) is 4.79 Å². The van der Waals surface area contributed by atoms with Crippen molar-refractivity contribution in [2.45, 2.75) is 25.9 Å². The van der Waals surface area contributed by atoms with Crippen molar-refractivity contribution in [2.75, 3.05) is 40.4 Å². The molecule has 22 heavy (non-hydrogen) atoms. The lowest BCUT2D eigenvalue weighted by molar-refractivity contribution is -0.181. The summed E-state index contributed by atoms with van der Waals surface area (Å²) in [5, 5.41) is 8.04. The molecule has 3 rings (SSSR count). The molecule has 0 aromatic carbocycles. The molecule has 0 spiro atoms. The standard InChI is InChI=1S/C15H25N5O2/c1-11(2)15(9-22-10-15)14(21)19-7-12(18(3)4)13(8-19)20-6-5-16-17-20/h5-6,11-13H,7-10H2,1-4H3/t12-,13+/m0/s1. The molecule has 7 heteroatoms. The third-order valence-corrected chi connectivity index (χ3v) is 5.24. The highest BCUT2D eigenvalue weighted by molar-refractivity contribution is 5.84. The van der Waals surface area contributed by atoms with E-state index in [1.165, 1.54) is 0 Å². The molecule has 2 saturated heterocycles. The van der Waals surface area contributed by atoms with Crippen LogP contribution < -0.4 is 0 Å². The molecule has 3 heterocycles. The number of rotatable bonds is 4. The molecule has 2 fully saturated rings. The summed E-state index contributed by atoms with van der Waals surface area (Å²) in [5.74, 6) is 0.514. The molecule has 0 aliphatic carbocycles. The second-order valence-corrected chi connectivity index (χ2v) is 7.00. The van der Waals surface area contributed by atoms with E-state index in [9.17, 15) is 4.79 Å². The summed E-state index contributed by atoms with van der Waals surface area (Å²) in [6.45, 7) is 6.70. The molecular formula is C15H25N5O2. The van der Waals surface area contributed by atoms with Crippen LogP contribution >= 0.6 is 0 Å². The van der Waals surface area contributed by atoms with Gasteiger partial charge in [-0.05, 0) is 20.0 Å². The van der Waals surface area contributed by atoms with Crippen molar-refractivity contribution in [1.29, 1.82) is 0 Å². The molecule has 122 valence electrons. The van der Waals surface area contributed by atoms with Gasteiger partial charge in [0, 0.05) is 19.3 Å². The topological polar surface area (TPSA) is 63.5 Å². The van der Waals surface area contributed by atoms with Crippen molar-refractivity contribution in [1.82, 2.24) is 24.8 Å². The van der Waals surface area contributed by atoms with Crippen LogP contribution in [0, 0.1) is 11.3 Å². The van der Waals surface area contributed by atoms with Crippen molar-refractivity contribution in [3.05, 3.63) is 12.4 Å². The normalized spacial score (nSPS) is 27.5. The Morgan fingerprint density at radius 3 is 2.55 bits per heavy atom. The maximum absolute atomic E-state index is 13.1. The van der Waals surface area contributed by atoms with Gasteiger partial charge in [0.05, 0.1) is 36.9 Å². The fraction of sp³-hybridized carbons (Fsp3) is 0.800. The lowest BCUT2D eigenvalue weighted by atomic mass is 9.74. The van der Waals surface area contributed by atoms with Gasteiger partial charge in [-0.1, -0.05) is 19.1 Å². The highest BCUT2D eigenvalue weighted by atomic mass is 16.5. The Hall–Kier alpha value is -1.47. The third-order valence-electron chi connectivity index (χ3n) is 5.24. The van der Waals surface area contributed by atoms with E-state index >= 15 is 0 Å². The first-order valence-electron chi connectivity index (χ1n) is 7.85. The number of likely N-dealkylation sites (tertiary alicyclic amines) is 1. The summed E-state index contributed by atoms with van der Waals surface area (Å²) in [5.41, 5.74) is -0.339. The Labute approximate surface area is 131 Å². The number of ether oxygens (including phenoxy) is 1. The van der Waals surface area contributed by atoms with Crippen LogP contribution in [0.25, 0.3) is 0 Å². The van der Waals surface area contributed by atoms with Crippen LogP contribution in [0.4, 0.5) is 0 Å². The van der Waals surface area contributed by atoms with Gasteiger partial charge in [-0.2, -0.15) is 0 Å². The van der Waals surface area contributed by atoms with Crippen molar-refractivity contribution in [3.8, 4) is 0 Å². The maximum atomic E-state index is 13.1. The Morgan fingerprint density at radius 1 is 1.36 bits per heavy atom. The minimum absolute atomic E-state index is 0.145. The molecule has 0 unspecified atom stereocenters. The van der Waals surface area contributed by atoms with E-state index in [2.05, 4.69) is 29.1 Å². The van der Waals surface area contributed by atoms with E-state index in [0.717, 1.165) is 6.54 Å². The number of aromatic nitrogens is 3. The first kappa shape index (κ1) is 15.4. The molecule has 0 bridgehead atoms. The fourth-order valence-electron chi connectivity index (χ4n) is 3.44. The van der Waals surface area contributed by atoms with Gasteiger partial charge in [0.15, 0.2) is 0 Å².